The van der Waals surface area contributed by atoms with Crippen LogP contribution in [0.4, 0.5) is 0 Å². The predicted molar refractivity (Wildman–Crippen MR) is 177 cm³/mol. The third-order valence-electron chi connectivity index (χ3n) is 9.46. The molecule has 1 saturated carbocycles. The Bertz CT molecular complexity index is 1930. The molecule has 1 spiro atoms. The van der Waals surface area contributed by atoms with Gasteiger partial charge in [-0.1, -0.05) is 18.2 Å². The Morgan fingerprint density at radius 2 is 1.78 bits per heavy atom. The summed E-state index contributed by atoms with van der Waals surface area (Å²) in [4.78, 5) is 41.6. The van der Waals surface area contributed by atoms with Gasteiger partial charge in [0.2, 0.25) is 0 Å². The molecule has 0 unspecified atom stereocenters. The van der Waals surface area contributed by atoms with E-state index in [0.29, 0.717) is 60.0 Å². The lowest BCUT2D eigenvalue weighted by Gasteiger charge is -2.44. The molecule has 1 amide bonds. The number of amides is 1. The van der Waals surface area contributed by atoms with Crippen LogP contribution in [-0.2, 0) is 4.74 Å². The molecule has 9 heteroatoms. The SMILES string of the molecule is CN/C=C(\C=N)c1ccc2c(c1)C(=O)CC1(CCN(C(=O)c3cc(-c4cccc(C(=O)OC)c4)c4ccn(C5CC5)c4c3)CC1)O2. The highest BCUT2D eigenvalue weighted by Crippen LogP contribution is 2.42. The monoisotopic (exact) mass is 616 g/mol. The first-order valence-corrected chi connectivity index (χ1v) is 15.7. The zero-order valence-electron chi connectivity index (χ0n) is 26.0. The minimum Gasteiger partial charge on any atom is -0.486 e. The van der Waals surface area contributed by atoms with Crippen LogP contribution in [0.2, 0.25) is 0 Å². The van der Waals surface area contributed by atoms with Crippen molar-refractivity contribution in [3.63, 3.8) is 0 Å². The third kappa shape index (κ3) is 5.25. The summed E-state index contributed by atoms with van der Waals surface area (Å²) in [6, 6.07) is 19.3. The van der Waals surface area contributed by atoms with E-state index in [4.69, 9.17) is 14.9 Å². The van der Waals surface area contributed by atoms with Crippen LogP contribution in [-0.4, -0.2) is 66.2 Å². The summed E-state index contributed by atoms with van der Waals surface area (Å²) in [6.45, 7) is 0.939. The van der Waals surface area contributed by atoms with Crippen LogP contribution in [0, 0.1) is 5.41 Å². The van der Waals surface area contributed by atoms with E-state index in [1.807, 2.05) is 47.4 Å². The van der Waals surface area contributed by atoms with Crippen LogP contribution in [0.25, 0.3) is 27.6 Å². The minimum atomic E-state index is -0.655. The second-order valence-corrected chi connectivity index (χ2v) is 12.4. The van der Waals surface area contributed by atoms with Crippen LogP contribution < -0.4 is 10.1 Å². The van der Waals surface area contributed by atoms with Crippen molar-refractivity contribution >= 4 is 40.4 Å². The average molecular weight is 617 g/mol. The van der Waals surface area contributed by atoms with Gasteiger partial charge in [-0.05, 0) is 72.0 Å². The third-order valence-corrected chi connectivity index (χ3v) is 9.46. The highest BCUT2D eigenvalue weighted by molar-refractivity contribution is 6.10. The number of fused-ring (bicyclic) bond motifs is 2. The zero-order chi connectivity index (χ0) is 32.0. The van der Waals surface area contributed by atoms with Crippen LogP contribution in [0.15, 0.2) is 73.1 Å². The molecule has 3 aromatic carbocycles. The Hall–Kier alpha value is -5.18. The van der Waals surface area contributed by atoms with Crippen molar-refractivity contribution in [3.05, 3.63) is 95.3 Å². The molecule has 3 heterocycles. The van der Waals surface area contributed by atoms with Crippen molar-refractivity contribution in [1.29, 1.82) is 5.41 Å². The number of likely N-dealkylation sites (tertiary alicyclic amines) is 1. The molecule has 1 saturated heterocycles. The molecule has 7 rings (SSSR count). The number of rotatable bonds is 7. The number of Topliss-reactive ketones (excluding diaryl/α,β-unsaturated/α-hetero) is 1. The quantitative estimate of drug-likeness (QED) is 0.187. The molecule has 1 aromatic heterocycles. The Labute approximate surface area is 267 Å². The summed E-state index contributed by atoms with van der Waals surface area (Å²) in [5.74, 6) is 0.102. The number of nitrogens with zero attached hydrogens (tertiary/aromatic N) is 2. The van der Waals surface area contributed by atoms with E-state index in [1.165, 1.54) is 13.3 Å². The molecule has 9 nitrogen and oxygen atoms in total. The lowest BCUT2D eigenvalue weighted by molar-refractivity contribution is -0.00572. The molecule has 46 heavy (non-hydrogen) atoms. The van der Waals surface area contributed by atoms with Crippen molar-refractivity contribution in [2.75, 3.05) is 27.2 Å². The summed E-state index contributed by atoms with van der Waals surface area (Å²) in [6.07, 6.45) is 8.65. The fraction of sp³-hybridized carbons (Fsp3) is 0.297. The number of carbonyl (C=O) groups is 3. The first-order chi connectivity index (χ1) is 22.3. The fourth-order valence-electron chi connectivity index (χ4n) is 6.84. The number of methoxy groups -OCH3 is 1. The Kier molecular flexibility index (Phi) is 7.47. The van der Waals surface area contributed by atoms with Gasteiger partial charge >= 0.3 is 5.97 Å². The van der Waals surface area contributed by atoms with E-state index in [2.05, 4.69) is 22.1 Å². The maximum atomic E-state index is 14.1. The predicted octanol–water partition coefficient (Wildman–Crippen LogP) is 6.28. The number of benzene rings is 3. The number of aromatic nitrogens is 1. The molecule has 0 bridgehead atoms. The minimum absolute atomic E-state index is 0.0155. The summed E-state index contributed by atoms with van der Waals surface area (Å²) in [5, 5.41) is 11.7. The smallest absolute Gasteiger partial charge is 0.337 e. The van der Waals surface area contributed by atoms with Crippen LogP contribution in [0.3, 0.4) is 0 Å². The van der Waals surface area contributed by atoms with Gasteiger partial charge in [-0.15, -0.1) is 0 Å². The summed E-state index contributed by atoms with van der Waals surface area (Å²) >= 11 is 0. The van der Waals surface area contributed by atoms with Gasteiger partial charge in [0.05, 0.1) is 24.7 Å². The molecule has 3 aliphatic rings. The van der Waals surface area contributed by atoms with E-state index in [1.54, 1.807) is 25.4 Å². The second kappa shape index (κ2) is 11.6. The molecular weight excluding hydrogens is 580 g/mol. The molecule has 1 aliphatic carbocycles. The lowest BCUT2D eigenvalue weighted by atomic mass is 9.82. The van der Waals surface area contributed by atoms with Crippen LogP contribution in [0.1, 0.15) is 74.8 Å². The van der Waals surface area contributed by atoms with Gasteiger partial charge in [-0.2, -0.15) is 0 Å². The number of allylic oxidation sites excluding steroid dienone is 1. The van der Waals surface area contributed by atoms with Crippen molar-refractivity contribution in [2.45, 2.75) is 43.7 Å². The van der Waals surface area contributed by atoms with Crippen LogP contribution >= 0.6 is 0 Å². The topological polar surface area (TPSA) is 114 Å². The lowest BCUT2D eigenvalue weighted by Crippen LogP contribution is -2.52. The summed E-state index contributed by atoms with van der Waals surface area (Å²) in [5.41, 5.74) is 5.12. The maximum Gasteiger partial charge on any atom is 0.337 e. The number of ketones is 1. The number of carbonyl (C=O) groups excluding carboxylic acids is 3. The number of esters is 1. The highest BCUT2D eigenvalue weighted by atomic mass is 16.5. The van der Waals surface area contributed by atoms with Gasteiger partial charge < -0.3 is 29.7 Å². The molecule has 4 aromatic rings. The van der Waals surface area contributed by atoms with Gasteiger partial charge in [0.1, 0.15) is 11.4 Å². The van der Waals surface area contributed by atoms with Crippen molar-refractivity contribution < 1.29 is 23.9 Å². The van der Waals surface area contributed by atoms with Crippen molar-refractivity contribution in [3.8, 4) is 16.9 Å². The van der Waals surface area contributed by atoms with Gasteiger partial charge in [0.25, 0.3) is 5.91 Å². The number of hydrogen-bond acceptors (Lipinski definition) is 7. The Morgan fingerprint density at radius 3 is 2.50 bits per heavy atom. The molecule has 2 aliphatic heterocycles. The summed E-state index contributed by atoms with van der Waals surface area (Å²) in [7, 11) is 3.14. The standard InChI is InChI=1S/C37H36N4O5/c1-39-22-27(21-38)23-6-9-34-31(17-23)33(42)20-37(46-34)11-14-40(15-12-37)35(43)26-18-30(24-4-3-5-25(16-24)36(44)45-2)29-10-13-41(28-7-8-28)32(29)19-26/h3-6,9-10,13,16-19,21-22,28,38-39H,7-8,11-12,14-15,20H2,1-2H3/b27-22+,38-21?. The van der Waals surface area contributed by atoms with E-state index in [0.717, 1.165) is 40.4 Å². The van der Waals surface area contributed by atoms with E-state index in [-0.39, 0.29) is 18.1 Å². The highest BCUT2D eigenvalue weighted by Gasteiger charge is 2.44. The Balaban J connectivity index is 1.15. The molecule has 2 N–H and O–H groups in total. The first-order valence-electron chi connectivity index (χ1n) is 15.7. The van der Waals surface area contributed by atoms with Crippen molar-refractivity contribution in [1.82, 2.24) is 14.8 Å². The second-order valence-electron chi connectivity index (χ2n) is 12.4. The zero-order valence-corrected chi connectivity index (χ0v) is 26.0. The molecule has 0 atom stereocenters. The molecular formula is C37H36N4O5. The normalized spacial score (nSPS) is 17.4. The fourth-order valence-corrected chi connectivity index (χ4v) is 6.84. The van der Waals surface area contributed by atoms with E-state index < -0.39 is 11.6 Å². The Morgan fingerprint density at radius 1 is 1.00 bits per heavy atom. The van der Waals surface area contributed by atoms with Gasteiger partial charge in [0, 0.05) is 79.7 Å². The number of ether oxygens (including phenoxy) is 2. The maximum absolute atomic E-state index is 14.1. The van der Waals surface area contributed by atoms with Crippen molar-refractivity contribution in [2.24, 2.45) is 0 Å². The number of piperidine rings is 1. The molecule has 234 valence electrons. The first kappa shape index (κ1) is 29.5. The van der Waals surface area contributed by atoms with Crippen LogP contribution in [0.5, 0.6) is 5.75 Å². The van der Waals surface area contributed by atoms with Gasteiger partial charge in [0.15, 0.2) is 5.78 Å². The number of nitrogens with one attached hydrogen (secondary N) is 2. The van der Waals surface area contributed by atoms with Gasteiger partial charge in [-0.3, -0.25) is 9.59 Å². The summed E-state index contributed by atoms with van der Waals surface area (Å²) < 4.78 is 13.7. The number of hydrogen-bond donors (Lipinski definition) is 2. The van der Waals surface area contributed by atoms with E-state index in [9.17, 15) is 14.4 Å². The largest absolute Gasteiger partial charge is 0.486 e. The average Bonchev–Trinajstić information content (AvgIpc) is 3.84. The van der Waals surface area contributed by atoms with E-state index >= 15 is 0 Å². The molecule has 2 fully saturated rings. The van der Waals surface area contributed by atoms with Gasteiger partial charge in [-0.25, -0.2) is 4.79 Å². The molecule has 0 radical (unpaired) electrons.